The quantitative estimate of drug-likeness (QED) is 0.622. The number of carbonyl (C=O) groups is 1. The van der Waals surface area contributed by atoms with Gasteiger partial charge in [0.1, 0.15) is 0 Å². The van der Waals surface area contributed by atoms with E-state index in [1.165, 1.54) is 11.0 Å². The Balaban J connectivity index is 1.75. The van der Waals surface area contributed by atoms with Crippen LogP contribution in [-0.2, 0) is 4.79 Å². The molecule has 2 aromatic rings. The van der Waals surface area contributed by atoms with Gasteiger partial charge in [0, 0.05) is 6.04 Å². The van der Waals surface area contributed by atoms with Gasteiger partial charge in [-0.25, -0.2) is 0 Å². The van der Waals surface area contributed by atoms with E-state index < -0.39 is 0 Å². The van der Waals surface area contributed by atoms with Crippen molar-refractivity contribution in [3.63, 3.8) is 0 Å². The fourth-order valence-corrected chi connectivity index (χ4v) is 3.95. The van der Waals surface area contributed by atoms with Crippen LogP contribution in [0.15, 0.2) is 40.3 Å². The number of carbonyl (C=O) groups excluding carboxylic acids is 1. The van der Waals surface area contributed by atoms with Crippen molar-refractivity contribution in [2.45, 2.75) is 50.2 Å². The van der Waals surface area contributed by atoms with Gasteiger partial charge >= 0.3 is 0 Å². The number of thioether (sulfide) groups is 1. The first-order valence-electron chi connectivity index (χ1n) is 8.85. The molecule has 1 aliphatic carbocycles. The van der Waals surface area contributed by atoms with Crippen molar-refractivity contribution in [3.05, 3.63) is 46.2 Å². The summed E-state index contributed by atoms with van der Waals surface area (Å²) in [4.78, 5) is 28.6. The second-order valence-corrected chi connectivity index (χ2v) is 7.54. The molecule has 0 atom stereocenters. The minimum atomic E-state index is -0.378. The molecule has 0 aliphatic heterocycles. The second kappa shape index (κ2) is 8.40. The van der Waals surface area contributed by atoms with Crippen molar-refractivity contribution in [2.24, 2.45) is 0 Å². The van der Waals surface area contributed by atoms with Gasteiger partial charge in [-0.05, 0) is 31.9 Å². The minimum absolute atomic E-state index is 0.0741. The maximum atomic E-state index is 12.4. The van der Waals surface area contributed by atoms with E-state index in [4.69, 9.17) is 0 Å². The standard InChI is InChI=1S/C19H23N3O3S/c1-13-7-9-15(10-8-13)22-18(25)11-16(23)21-19(22)26-12-17(24)20-14-5-3-2-4-6-14/h7-11,14,23H,2-6,12H2,1H3,(H,20,24). The zero-order valence-corrected chi connectivity index (χ0v) is 15.6. The molecule has 1 saturated carbocycles. The fraction of sp³-hybridized carbons (Fsp3) is 0.421. The third-order valence-electron chi connectivity index (χ3n) is 4.47. The monoisotopic (exact) mass is 373 g/mol. The number of amides is 1. The lowest BCUT2D eigenvalue weighted by molar-refractivity contribution is -0.119. The van der Waals surface area contributed by atoms with Crippen LogP contribution in [0.4, 0.5) is 0 Å². The number of rotatable bonds is 5. The summed E-state index contributed by atoms with van der Waals surface area (Å²) < 4.78 is 1.41. The molecule has 1 aromatic carbocycles. The van der Waals surface area contributed by atoms with Crippen LogP contribution in [0.3, 0.4) is 0 Å². The Morgan fingerprint density at radius 2 is 1.96 bits per heavy atom. The normalized spacial score (nSPS) is 15.0. The van der Waals surface area contributed by atoms with Crippen LogP contribution in [0.1, 0.15) is 37.7 Å². The Kier molecular flexibility index (Phi) is 5.98. The van der Waals surface area contributed by atoms with Crippen LogP contribution >= 0.6 is 11.8 Å². The van der Waals surface area contributed by atoms with Crippen LogP contribution in [0, 0.1) is 6.92 Å². The van der Waals surface area contributed by atoms with E-state index in [1.54, 1.807) is 0 Å². The van der Waals surface area contributed by atoms with Gasteiger partial charge in [0.15, 0.2) is 5.16 Å². The van der Waals surface area contributed by atoms with Crippen molar-refractivity contribution in [1.29, 1.82) is 0 Å². The molecule has 0 spiro atoms. The number of hydrogen-bond donors (Lipinski definition) is 2. The lowest BCUT2D eigenvalue weighted by Gasteiger charge is -2.22. The highest BCUT2D eigenvalue weighted by atomic mass is 32.2. The van der Waals surface area contributed by atoms with Gasteiger partial charge in [-0.3, -0.25) is 14.2 Å². The first-order valence-corrected chi connectivity index (χ1v) is 9.84. The molecule has 26 heavy (non-hydrogen) atoms. The summed E-state index contributed by atoms with van der Waals surface area (Å²) in [5, 5.41) is 13.0. The Hall–Kier alpha value is -2.28. The molecule has 1 fully saturated rings. The third kappa shape index (κ3) is 4.66. The van der Waals surface area contributed by atoms with Crippen molar-refractivity contribution >= 4 is 17.7 Å². The predicted octanol–water partition coefficient (Wildman–Crippen LogP) is 2.79. The number of nitrogens with zero attached hydrogens (tertiary/aromatic N) is 2. The molecule has 0 saturated heterocycles. The fourth-order valence-electron chi connectivity index (χ4n) is 3.12. The molecule has 2 N–H and O–H groups in total. The van der Waals surface area contributed by atoms with Gasteiger partial charge in [0.2, 0.25) is 11.8 Å². The van der Waals surface area contributed by atoms with Gasteiger partial charge in [-0.2, -0.15) is 4.98 Å². The predicted molar refractivity (Wildman–Crippen MR) is 102 cm³/mol. The number of aromatic nitrogens is 2. The maximum Gasteiger partial charge on any atom is 0.262 e. The average Bonchev–Trinajstić information content (AvgIpc) is 2.61. The minimum Gasteiger partial charge on any atom is -0.493 e. The van der Waals surface area contributed by atoms with E-state index >= 15 is 0 Å². The lowest BCUT2D eigenvalue weighted by atomic mass is 9.95. The van der Waals surface area contributed by atoms with Crippen molar-refractivity contribution in [2.75, 3.05) is 5.75 Å². The summed E-state index contributed by atoms with van der Waals surface area (Å²) in [5.74, 6) is -0.262. The van der Waals surface area contributed by atoms with Crippen LogP contribution in [0.2, 0.25) is 0 Å². The molecule has 1 aromatic heterocycles. The topological polar surface area (TPSA) is 84.2 Å². The molecule has 0 unspecified atom stereocenters. The Morgan fingerprint density at radius 1 is 1.27 bits per heavy atom. The first kappa shape index (κ1) is 18.5. The van der Waals surface area contributed by atoms with Crippen molar-refractivity contribution < 1.29 is 9.90 Å². The van der Waals surface area contributed by atoms with E-state index in [0.29, 0.717) is 10.8 Å². The van der Waals surface area contributed by atoms with Crippen LogP contribution in [0.25, 0.3) is 5.69 Å². The van der Waals surface area contributed by atoms with Gasteiger partial charge in [-0.1, -0.05) is 48.7 Å². The molecule has 1 heterocycles. The van der Waals surface area contributed by atoms with Crippen LogP contribution < -0.4 is 10.9 Å². The largest absolute Gasteiger partial charge is 0.493 e. The van der Waals surface area contributed by atoms with Crippen molar-refractivity contribution in [1.82, 2.24) is 14.9 Å². The van der Waals surface area contributed by atoms with E-state index in [-0.39, 0.29) is 29.1 Å². The Morgan fingerprint density at radius 3 is 2.65 bits per heavy atom. The highest BCUT2D eigenvalue weighted by Crippen LogP contribution is 2.21. The van der Waals surface area contributed by atoms with Crippen LogP contribution in [0.5, 0.6) is 5.88 Å². The third-order valence-corrected chi connectivity index (χ3v) is 5.41. The summed E-state index contributed by atoms with van der Waals surface area (Å²) in [6.07, 6.45) is 5.58. The number of aryl methyl sites for hydroxylation is 1. The molecule has 3 rings (SSSR count). The van der Waals surface area contributed by atoms with Gasteiger partial charge in [-0.15, -0.1) is 0 Å². The van der Waals surface area contributed by atoms with E-state index in [9.17, 15) is 14.7 Å². The number of nitrogens with one attached hydrogen (secondary N) is 1. The number of hydrogen-bond acceptors (Lipinski definition) is 5. The van der Waals surface area contributed by atoms with Gasteiger partial charge < -0.3 is 10.4 Å². The van der Waals surface area contributed by atoms with Gasteiger partial charge in [0.25, 0.3) is 5.56 Å². The van der Waals surface area contributed by atoms with Crippen molar-refractivity contribution in [3.8, 4) is 11.6 Å². The van der Waals surface area contributed by atoms with E-state index in [0.717, 1.165) is 49.1 Å². The SMILES string of the molecule is Cc1ccc(-n2c(SCC(=O)NC3CCCCC3)nc(O)cc2=O)cc1. The molecule has 7 heteroatoms. The number of aromatic hydroxyl groups is 1. The van der Waals surface area contributed by atoms with Crippen LogP contribution in [-0.4, -0.2) is 32.4 Å². The molecule has 6 nitrogen and oxygen atoms in total. The van der Waals surface area contributed by atoms with Gasteiger partial charge in [0.05, 0.1) is 17.5 Å². The smallest absolute Gasteiger partial charge is 0.262 e. The summed E-state index contributed by atoms with van der Waals surface area (Å²) in [6.45, 7) is 1.97. The molecule has 1 amide bonds. The molecule has 0 bridgehead atoms. The summed E-state index contributed by atoms with van der Waals surface area (Å²) in [6, 6.07) is 8.76. The molecule has 138 valence electrons. The molecule has 1 aliphatic rings. The average molecular weight is 373 g/mol. The Labute approximate surface area is 156 Å². The second-order valence-electron chi connectivity index (χ2n) is 6.60. The summed E-state index contributed by atoms with van der Waals surface area (Å²) in [7, 11) is 0. The molecular weight excluding hydrogens is 350 g/mol. The summed E-state index contributed by atoms with van der Waals surface area (Å²) >= 11 is 1.15. The number of benzene rings is 1. The zero-order valence-electron chi connectivity index (χ0n) is 14.8. The Bertz CT molecular complexity index is 827. The maximum absolute atomic E-state index is 12.4. The lowest BCUT2D eigenvalue weighted by Crippen LogP contribution is -2.37. The highest BCUT2D eigenvalue weighted by Gasteiger charge is 2.17. The summed E-state index contributed by atoms with van der Waals surface area (Å²) in [5.41, 5.74) is 1.36. The zero-order chi connectivity index (χ0) is 18.5. The first-order chi connectivity index (χ1) is 12.5. The van der Waals surface area contributed by atoms with E-state index in [2.05, 4.69) is 10.3 Å². The van der Waals surface area contributed by atoms with E-state index in [1.807, 2.05) is 31.2 Å². The molecular formula is C19H23N3O3S. The highest BCUT2D eigenvalue weighted by molar-refractivity contribution is 7.99. The molecule has 0 radical (unpaired) electrons.